The lowest BCUT2D eigenvalue weighted by atomic mass is 9.99. The third-order valence-electron chi connectivity index (χ3n) is 4.56. The standard InChI is InChI=1S/C17H23FN6O.ClH/c1-12-21-22-23-24(12)16(9-13-4-6-15(18)7-5-13)17(25)20-11-14-3-2-8-19-10-14;/h4-7,14,16,19H,2-3,8-11H2,1H3,(H,20,25);1H. The number of benzene rings is 1. The van der Waals surface area contributed by atoms with Crippen LogP contribution in [0.2, 0.25) is 0 Å². The van der Waals surface area contributed by atoms with Crippen LogP contribution in [0.5, 0.6) is 0 Å². The molecule has 2 heterocycles. The smallest absolute Gasteiger partial charge is 0.245 e. The highest BCUT2D eigenvalue weighted by Crippen LogP contribution is 2.16. The Morgan fingerprint density at radius 2 is 2.19 bits per heavy atom. The first-order valence-corrected chi connectivity index (χ1v) is 8.61. The molecule has 1 amide bonds. The van der Waals surface area contributed by atoms with Crippen LogP contribution in [0.25, 0.3) is 0 Å². The predicted molar refractivity (Wildman–Crippen MR) is 97.5 cm³/mol. The number of carbonyl (C=O) groups is 1. The van der Waals surface area contributed by atoms with Gasteiger partial charge in [0.25, 0.3) is 0 Å². The number of halogens is 2. The number of piperidine rings is 1. The molecule has 1 fully saturated rings. The minimum absolute atomic E-state index is 0. The van der Waals surface area contributed by atoms with Crippen molar-refractivity contribution in [2.75, 3.05) is 19.6 Å². The van der Waals surface area contributed by atoms with Crippen LogP contribution in [0.1, 0.15) is 30.3 Å². The van der Waals surface area contributed by atoms with Crippen LogP contribution in [-0.4, -0.2) is 45.7 Å². The number of carbonyl (C=O) groups excluding carboxylic acids is 1. The van der Waals surface area contributed by atoms with Crippen LogP contribution in [0, 0.1) is 18.7 Å². The van der Waals surface area contributed by atoms with Gasteiger partial charge in [-0.1, -0.05) is 12.1 Å². The summed E-state index contributed by atoms with van der Waals surface area (Å²) in [4.78, 5) is 12.8. The number of hydrogen-bond acceptors (Lipinski definition) is 5. The van der Waals surface area contributed by atoms with Gasteiger partial charge < -0.3 is 10.6 Å². The van der Waals surface area contributed by atoms with Crippen LogP contribution in [-0.2, 0) is 11.2 Å². The normalized spacial score (nSPS) is 18.0. The fraction of sp³-hybridized carbons (Fsp3) is 0.529. The van der Waals surface area contributed by atoms with Crippen molar-refractivity contribution < 1.29 is 9.18 Å². The third kappa shape index (κ3) is 5.22. The minimum atomic E-state index is -0.558. The first-order valence-electron chi connectivity index (χ1n) is 8.61. The Morgan fingerprint density at radius 1 is 1.42 bits per heavy atom. The fourth-order valence-electron chi connectivity index (χ4n) is 3.12. The molecule has 2 unspecified atom stereocenters. The van der Waals surface area contributed by atoms with Crippen LogP contribution in [0.3, 0.4) is 0 Å². The molecule has 9 heteroatoms. The Kier molecular flexibility index (Phi) is 7.47. The van der Waals surface area contributed by atoms with Gasteiger partial charge in [0.15, 0.2) is 0 Å². The van der Waals surface area contributed by atoms with Crippen molar-refractivity contribution in [3.05, 3.63) is 41.5 Å². The van der Waals surface area contributed by atoms with E-state index < -0.39 is 6.04 Å². The van der Waals surface area contributed by atoms with Gasteiger partial charge in [0.05, 0.1) is 0 Å². The van der Waals surface area contributed by atoms with Crippen molar-refractivity contribution in [3.8, 4) is 0 Å². The fourth-order valence-corrected chi connectivity index (χ4v) is 3.12. The van der Waals surface area contributed by atoms with Crippen LogP contribution >= 0.6 is 12.4 Å². The Bertz CT molecular complexity index is 702. The molecule has 0 spiro atoms. The SMILES string of the molecule is Cc1nnnn1C(Cc1ccc(F)cc1)C(=O)NCC1CCCNC1.Cl. The maximum absolute atomic E-state index is 13.1. The summed E-state index contributed by atoms with van der Waals surface area (Å²) in [5.74, 6) is 0.596. The molecule has 1 saturated heterocycles. The Morgan fingerprint density at radius 3 is 2.81 bits per heavy atom. The van der Waals surface area contributed by atoms with E-state index in [0.29, 0.717) is 24.7 Å². The van der Waals surface area contributed by atoms with E-state index in [4.69, 9.17) is 0 Å². The second-order valence-electron chi connectivity index (χ2n) is 6.47. The van der Waals surface area contributed by atoms with Gasteiger partial charge in [-0.05, 0) is 66.9 Å². The van der Waals surface area contributed by atoms with Crippen molar-refractivity contribution in [3.63, 3.8) is 0 Å². The van der Waals surface area contributed by atoms with Gasteiger partial charge in [0, 0.05) is 13.0 Å². The van der Waals surface area contributed by atoms with Gasteiger partial charge in [-0.25, -0.2) is 9.07 Å². The highest BCUT2D eigenvalue weighted by molar-refractivity contribution is 5.85. The number of hydrogen-bond donors (Lipinski definition) is 2. The first kappa shape index (κ1) is 20.3. The zero-order valence-electron chi connectivity index (χ0n) is 14.7. The highest BCUT2D eigenvalue weighted by Gasteiger charge is 2.25. The number of aromatic nitrogens is 4. The largest absolute Gasteiger partial charge is 0.354 e. The highest BCUT2D eigenvalue weighted by atomic mass is 35.5. The van der Waals surface area contributed by atoms with Crippen molar-refractivity contribution >= 4 is 18.3 Å². The van der Waals surface area contributed by atoms with E-state index in [1.165, 1.54) is 16.8 Å². The number of nitrogens with one attached hydrogen (secondary N) is 2. The number of tetrazole rings is 1. The third-order valence-corrected chi connectivity index (χ3v) is 4.56. The van der Waals surface area contributed by atoms with E-state index in [9.17, 15) is 9.18 Å². The van der Waals surface area contributed by atoms with Crippen molar-refractivity contribution in [1.29, 1.82) is 0 Å². The van der Waals surface area contributed by atoms with E-state index in [-0.39, 0.29) is 24.1 Å². The molecule has 7 nitrogen and oxygen atoms in total. The lowest BCUT2D eigenvalue weighted by molar-refractivity contribution is -0.124. The molecule has 2 N–H and O–H groups in total. The van der Waals surface area contributed by atoms with Gasteiger partial charge in [-0.2, -0.15) is 0 Å². The second-order valence-corrected chi connectivity index (χ2v) is 6.47. The molecule has 3 rings (SSSR count). The number of rotatable bonds is 6. The molecule has 2 atom stereocenters. The van der Waals surface area contributed by atoms with Crippen LogP contribution in [0.15, 0.2) is 24.3 Å². The van der Waals surface area contributed by atoms with Gasteiger partial charge in [0.1, 0.15) is 17.7 Å². The van der Waals surface area contributed by atoms with Crippen molar-refractivity contribution in [1.82, 2.24) is 30.8 Å². The van der Waals surface area contributed by atoms with E-state index >= 15 is 0 Å². The average Bonchev–Trinajstić information content (AvgIpc) is 3.06. The molecule has 0 aliphatic carbocycles. The van der Waals surface area contributed by atoms with Crippen molar-refractivity contribution in [2.45, 2.75) is 32.2 Å². The molecule has 0 bridgehead atoms. The monoisotopic (exact) mass is 382 g/mol. The lowest BCUT2D eigenvalue weighted by Crippen LogP contribution is -2.41. The molecular weight excluding hydrogens is 359 g/mol. The zero-order valence-corrected chi connectivity index (χ0v) is 15.5. The molecule has 1 aromatic carbocycles. The van der Waals surface area contributed by atoms with Gasteiger partial charge >= 0.3 is 0 Å². The summed E-state index contributed by atoms with van der Waals surface area (Å²) in [6.45, 7) is 4.36. The van der Waals surface area contributed by atoms with Crippen molar-refractivity contribution in [2.24, 2.45) is 5.92 Å². The van der Waals surface area contributed by atoms with Gasteiger partial charge in [-0.15, -0.1) is 17.5 Å². The molecule has 26 heavy (non-hydrogen) atoms. The van der Waals surface area contributed by atoms with Gasteiger partial charge in [-0.3, -0.25) is 4.79 Å². The maximum atomic E-state index is 13.1. The number of amides is 1. The zero-order chi connectivity index (χ0) is 17.6. The summed E-state index contributed by atoms with van der Waals surface area (Å²) in [6, 6.07) is 5.59. The molecule has 0 saturated carbocycles. The second kappa shape index (κ2) is 9.59. The molecule has 1 aliphatic heterocycles. The minimum Gasteiger partial charge on any atom is -0.354 e. The van der Waals surface area contributed by atoms with E-state index in [1.807, 2.05) is 0 Å². The lowest BCUT2D eigenvalue weighted by Gasteiger charge is -2.24. The topological polar surface area (TPSA) is 84.7 Å². The Labute approximate surface area is 158 Å². The molecule has 0 radical (unpaired) electrons. The van der Waals surface area contributed by atoms with Crippen LogP contribution in [0.4, 0.5) is 4.39 Å². The van der Waals surface area contributed by atoms with E-state index in [1.54, 1.807) is 19.1 Å². The predicted octanol–water partition coefficient (Wildman–Crippen LogP) is 1.44. The average molecular weight is 383 g/mol. The first-order chi connectivity index (χ1) is 12.1. The molecular formula is C17H24ClFN6O. The molecule has 1 aliphatic rings. The Hall–Kier alpha value is -2.06. The molecule has 1 aromatic heterocycles. The summed E-state index contributed by atoms with van der Waals surface area (Å²) in [6.07, 6.45) is 2.65. The number of aryl methyl sites for hydroxylation is 1. The summed E-state index contributed by atoms with van der Waals surface area (Å²) >= 11 is 0. The molecule has 142 valence electrons. The maximum Gasteiger partial charge on any atom is 0.245 e. The molecule has 2 aromatic rings. The summed E-state index contributed by atoms with van der Waals surface area (Å²) in [5, 5.41) is 17.9. The summed E-state index contributed by atoms with van der Waals surface area (Å²) in [7, 11) is 0. The quantitative estimate of drug-likeness (QED) is 0.789. The van der Waals surface area contributed by atoms with Gasteiger partial charge in [0.2, 0.25) is 5.91 Å². The van der Waals surface area contributed by atoms with Crippen LogP contribution < -0.4 is 10.6 Å². The summed E-state index contributed by atoms with van der Waals surface area (Å²) in [5.41, 5.74) is 0.857. The Balaban J connectivity index is 0.00000243. The summed E-state index contributed by atoms with van der Waals surface area (Å²) < 4.78 is 14.6. The van der Waals surface area contributed by atoms with E-state index in [0.717, 1.165) is 31.5 Å². The number of nitrogens with zero attached hydrogens (tertiary/aromatic N) is 4. The van der Waals surface area contributed by atoms with E-state index in [2.05, 4.69) is 26.2 Å².